The van der Waals surface area contributed by atoms with Crippen LogP contribution in [-0.4, -0.2) is 37.6 Å². The summed E-state index contributed by atoms with van der Waals surface area (Å²) in [7, 11) is 1.65. The molecule has 0 saturated heterocycles. The highest BCUT2D eigenvalue weighted by atomic mass is 32.2. The van der Waals surface area contributed by atoms with Gasteiger partial charge in [-0.2, -0.15) is 11.8 Å². The SMILES string of the molecule is CNC(=O)CNCCC(C)SC. The summed E-state index contributed by atoms with van der Waals surface area (Å²) >= 11 is 1.85. The van der Waals surface area contributed by atoms with Gasteiger partial charge in [0.05, 0.1) is 6.54 Å². The number of thioether (sulfide) groups is 1. The molecule has 1 atom stereocenters. The van der Waals surface area contributed by atoms with Crippen LogP contribution in [0.5, 0.6) is 0 Å². The van der Waals surface area contributed by atoms with Crippen LogP contribution in [-0.2, 0) is 4.79 Å². The van der Waals surface area contributed by atoms with Crippen molar-refractivity contribution in [2.24, 2.45) is 0 Å². The molecule has 0 aromatic carbocycles. The molecule has 0 rings (SSSR count). The molecule has 0 saturated carbocycles. The van der Waals surface area contributed by atoms with Gasteiger partial charge in [-0.25, -0.2) is 0 Å². The van der Waals surface area contributed by atoms with Gasteiger partial charge in [0.25, 0.3) is 0 Å². The summed E-state index contributed by atoms with van der Waals surface area (Å²) in [5.41, 5.74) is 0. The van der Waals surface area contributed by atoms with Crippen molar-refractivity contribution >= 4 is 17.7 Å². The number of hydrogen-bond acceptors (Lipinski definition) is 3. The van der Waals surface area contributed by atoms with E-state index in [1.54, 1.807) is 7.05 Å². The van der Waals surface area contributed by atoms with Crippen LogP contribution in [0.15, 0.2) is 0 Å². The summed E-state index contributed by atoms with van der Waals surface area (Å²) in [6.45, 7) is 3.53. The molecule has 12 heavy (non-hydrogen) atoms. The van der Waals surface area contributed by atoms with Crippen LogP contribution in [0.1, 0.15) is 13.3 Å². The summed E-state index contributed by atoms with van der Waals surface area (Å²) in [6.07, 6.45) is 3.21. The minimum Gasteiger partial charge on any atom is -0.358 e. The zero-order valence-corrected chi connectivity index (χ0v) is 8.83. The van der Waals surface area contributed by atoms with Crippen LogP contribution in [0.2, 0.25) is 0 Å². The van der Waals surface area contributed by atoms with Crippen molar-refractivity contribution < 1.29 is 4.79 Å². The fourth-order valence-corrected chi connectivity index (χ4v) is 1.07. The van der Waals surface area contributed by atoms with E-state index >= 15 is 0 Å². The summed E-state index contributed by atoms with van der Waals surface area (Å²) in [4.78, 5) is 10.7. The molecule has 0 aromatic rings. The van der Waals surface area contributed by atoms with Gasteiger partial charge in [0.2, 0.25) is 5.91 Å². The van der Waals surface area contributed by atoms with Crippen molar-refractivity contribution in [2.75, 3.05) is 26.4 Å². The Kier molecular flexibility index (Phi) is 7.29. The highest BCUT2D eigenvalue weighted by Gasteiger charge is 1.99. The van der Waals surface area contributed by atoms with Crippen LogP contribution in [0.4, 0.5) is 0 Å². The molecule has 0 aliphatic heterocycles. The van der Waals surface area contributed by atoms with E-state index in [1.807, 2.05) is 11.8 Å². The van der Waals surface area contributed by atoms with Gasteiger partial charge in [0, 0.05) is 12.3 Å². The molecule has 1 unspecified atom stereocenters. The Balaban J connectivity index is 3.15. The largest absolute Gasteiger partial charge is 0.358 e. The van der Waals surface area contributed by atoms with Gasteiger partial charge in [-0.3, -0.25) is 4.79 Å². The average molecular weight is 190 g/mol. The molecule has 0 aliphatic rings. The van der Waals surface area contributed by atoms with Crippen molar-refractivity contribution in [1.29, 1.82) is 0 Å². The van der Waals surface area contributed by atoms with Gasteiger partial charge in [0.1, 0.15) is 0 Å². The minimum atomic E-state index is 0.0480. The maximum absolute atomic E-state index is 10.7. The summed E-state index contributed by atoms with van der Waals surface area (Å²) in [5, 5.41) is 6.31. The van der Waals surface area contributed by atoms with Gasteiger partial charge >= 0.3 is 0 Å². The van der Waals surface area contributed by atoms with E-state index in [4.69, 9.17) is 0 Å². The highest BCUT2D eigenvalue weighted by Crippen LogP contribution is 2.07. The third-order valence-electron chi connectivity index (χ3n) is 1.69. The molecule has 0 radical (unpaired) electrons. The second-order valence-corrected chi connectivity index (χ2v) is 3.96. The second kappa shape index (κ2) is 7.43. The normalized spacial score (nSPS) is 12.6. The van der Waals surface area contributed by atoms with Crippen molar-refractivity contribution in [1.82, 2.24) is 10.6 Å². The first kappa shape index (κ1) is 11.8. The molecular formula is C8H18N2OS. The fourth-order valence-electron chi connectivity index (χ4n) is 0.713. The van der Waals surface area contributed by atoms with E-state index in [0.717, 1.165) is 13.0 Å². The minimum absolute atomic E-state index is 0.0480. The first-order valence-electron chi connectivity index (χ1n) is 4.14. The Morgan fingerprint density at radius 2 is 2.25 bits per heavy atom. The van der Waals surface area contributed by atoms with E-state index in [1.165, 1.54) is 0 Å². The van der Waals surface area contributed by atoms with Crippen molar-refractivity contribution in [2.45, 2.75) is 18.6 Å². The van der Waals surface area contributed by atoms with Crippen LogP contribution < -0.4 is 10.6 Å². The van der Waals surface area contributed by atoms with Gasteiger partial charge < -0.3 is 10.6 Å². The number of carbonyl (C=O) groups excluding carboxylic acids is 1. The number of likely N-dealkylation sites (N-methyl/N-ethyl adjacent to an activating group) is 1. The lowest BCUT2D eigenvalue weighted by Gasteiger charge is -2.08. The molecule has 0 spiro atoms. The molecule has 0 fully saturated rings. The molecule has 0 heterocycles. The predicted octanol–water partition coefficient (Wildman–Crippen LogP) is 0.464. The van der Waals surface area contributed by atoms with E-state index in [2.05, 4.69) is 23.8 Å². The lowest BCUT2D eigenvalue weighted by Crippen LogP contribution is -2.32. The first-order valence-corrected chi connectivity index (χ1v) is 5.43. The maximum Gasteiger partial charge on any atom is 0.233 e. The second-order valence-electron chi connectivity index (χ2n) is 2.68. The van der Waals surface area contributed by atoms with Gasteiger partial charge in [-0.1, -0.05) is 6.92 Å². The molecule has 1 amide bonds. The molecule has 0 aliphatic carbocycles. The standard InChI is InChI=1S/C8H18N2OS/c1-7(12-3)4-5-10-6-8(11)9-2/h7,10H,4-6H2,1-3H3,(H,9,11). The Bertz CT molecular complexity index is 130. The molecule has 2 N–H and O–H groups in total. The number of hydrogen-bond donors (Lipinski definition) is 2. The Hall–Kier alpha value is -0.220. The molecule has 3 nitrogen and oxygen atoms in total. The Morgan fingerprint density at radius 1 is 1.58 bits per heavy atom. The number of rotatable bonds is 6. The van der Waals surface area contributed by atoms with Crippen LogP contribution in [0.25, 0.3) is 0 Å². The third-order valence-corrected chi connectivity index (χ3v) is 2.73. The van der Waals surface area contributed by atoms with E-state index in [9.17, 15) is 4.79 Å². The highest BCUT2D eigenvalue weighted by molar-refractivity contribution is 7.99. The average Bonchev–Trinajstić information content (AvgIpc) is 2.11. The lowest BCUT2D eigenvalue weighted by molar-refractivity contribution is -0.119. The monoisotopic (exact) mass is 190 g/mol. The van der Waals surface area contributed by atoms with E-state index in [0.29, 0.717) is 11.8 Å². The van der Waals surface area contributed by atoms with Gasteiger partial charge in [-0.05, 0) is 19.2 Å². The molecular weight excluding hydrogens is 172 g/mol. The molecule has 72 valence electrons. The van der Waals surface area contributed by atoms with Gasteiger partial charge in [-0.15, -0.1) is 0 Å². The number of amides is 1. The molecule has 0 aromatic heterocycles. The third kappa shape index (κ3) is 6.49. The van der Waals surface area contributed by atoms with Crippen LogP contribution >= 0.6 is 11.8 Å². The topological polar surface area (TPSA) is 41.1 Å². The summed E-state index contributed by atoms with van der Waals surface area (Å²) < 4.78 is 0. The van der Waals surface area contributed by atoms with E-state index < -0.39 is 0 Å². The Morgan fingerprint density at radius 3 is 2.75 bits per heavy atom. The summed E-state index contributed by atoms with van der Waals surface area (Å²) in [6, 6.07) is 0. The molecule has 4 heteroatoms. The Labute approximate surface area is 78.7 Å². The number of carbonyl (C=O) groups is 1. The van der Waals surface area contributed by atoms with Crippen molar-refractivity contribution in [3.63, 3.8) is 0 Å². The summed E-state index contributed by atoms with van der Waals surface area (Å²) in [5.74, 6) is 0.0480. The van der Waals surface area contributed by atoms with Crippen LogP contribution in [0.3, 0.4) is 0 Å². The lowest BCUT2D eigenvalue weighted by atomic mass is 10.3. The maximum atomic E-state index is 10.7. The van der Waals surface area contributed by atoms with Crippen molar-refractivity contribution in [3.8, 4) is 0 Å². The fraction of sp³-hybridized carbons (Fsp3) is 0.875. The molecule has 0 bridgehead atoms. The van der Waals surface area contributed by atoms with Gasteiger partial charge in [0.15, 0.2) is 0 Å². The first-order chi connectivity index (χ1) is 5.70. The number of nitrogens with one attached hydrogen (secondary N) is 2. The van der Waals surface area contributed by atoms with Crippen molar-refractivity contribution in [3.05, 3.63) is 0 Å². The smallest absolute Gasteiger partial charge is 0.233 e. The van der Waals surface area contributed by atoms with Crippen LogP contribution in [0, 0.1) is 0 Å². The quantitative estimate of drug-likeness (QED) is 0.598. The zero-order chi connectivity index (χ0) is 9.40. The van der Waals surface area contributed by atoms with E-state index in [-0.39, 0.29) is 5.91 Å². The predicted molar refractivity (Wildman–Crippen MR) is 54.5 cm³/mol. The zero-order valence-electron chi connectivity index (χ0n) is 8.02.